The highest BCUT2D eigenvalue weighted by Gasteiger charge is 2.25. The lowest BCUT2D eigenvalue weighted by atomic mass is 9.95. The van der Waals surface area contributed by atoms with Gasteiger partial charge in [-0.3, -0.25) is 9.69 Å². The number of piperidine rings is 1. The molecule has 2 aromatic rings. The van der Waals surface area contributed by atoms with Crippen molar-refractivity contribution in [3.63, 3.8) is 0 Å². The van der Waals surface area contributed by atoms with Crippen molar-refractivity contribution in [2.24, 2.45) is 5.92 Å². The Morgan fingerprint density at radius 2 is 1.92 bits per heavy atom. The maximum Gasteiger partial charge on any atom is 0.227 e. The summed E-state index contributed by atoms with van der Waals surface area (Å²) in [7, 11) is 0. The van der Waals surface area contributed by atoms with Crippen molar-refractivity contribution in [1.29, 1.82) is 0 Å². The molecule has 0 aliphatic carbocycles. The summed E-state index contributed by atoms with van der Waals surface area (Å²) in [5.41, 5.74) is 1.90. The van der Waals surface area contributed by atoms with Crippen molar-refractivity contribution in [1.82, 2.24) is 4.90 Å². The third kappa shape index (κ3) is 5.20. The quantitative estimate of drug-likeness (QED) is 0.668. The number of amides is 1. The van der Waals surface area contributed by atoms with E-state index in [4.69, 9.17) is 23.2 Å². The number of hydrogen-bond donors (Lipinski definition) is 1. The molecule has 1 aliphatic heterocycles. The number of benzene rings is 2. The molecule has 1 amide bonds. The minimum atomic E-state index is 0.0190. The summed E-state index contributed by atoms with van der Waals surface area (Å²) in [5.74, 6) is 0.0526. The molecule has 1 saturated heterocycles. The Morgan fingerprint density at radius 1 is 1.16 bits per heavy atom. The van der Waals surface area contributed by atoms with Crippen molar-refractivity contribution in [2.75, 3.05) is 18.4 Å². The highest BCUT2D eigenvalue weighted by molar-refractivity contribution is 9.10. The van der Waals surface area contributed by atoms with Gasteiger partial charge >= 0.3 is 0 Å². The van der Waals surface area contributed by atoms with Crippen LogP contribution >= 0.6 is 39.1 Å². The van der Waals surface area contributed by atoms with Gasteiger partial charge in [0.2, 0.25) is 5.91 Å². The summed E-state index contributed by atoms with van der Waals surface area (Å²) in [6, 6.07) is 13.5. The first kappa shape index (κ1) is 18.7. The van der Waals surface area contributed by atoms with E-state index in [9.17, 15) is 4.79 Å². The van der Waals surface area contributed by atoms with E-state index in [0.29, 0.717) is 15.7 Å². The zero-order valence-corrected chi connectivity index (χ0v) is 16.7. The van der Waals surface area contributed by atoms with Crippen LogP contribution in [0.1, 0.15) is 18.4 Å². The lowest BCUT2D eigenvalue weighted by Crippen LogP contribution is -2.37. The largest absolute Gasteiger partial charge is 0.325 e. The molecular formula is C19H19BrCl2N2O. The molecule has 0 saturated carbocycles. The number of nitrogens with one attached hydrogen (secondary N) is 1. The molecule has 0 spiro atoms. The monoisotopic (exact) mass is 440 g/mol. The minimum Gasteiger partial charge on any atom is -0.325 e. The van der Waals surface area contributed by atoms with Gasteiger partial charge in [0, 0.05) is 22.0 Å². The molecule has 0 bridgehead atoms. The fourth-order valence-electron chi connectivity index (χ4n) is 3.07. The van der Waals surface area contributed by atoms with Crippen molar-refractivity contribution >= 4 is 50.7 Å². The molecule has 3 nitrogen and oxygen atoms in total. The number of carbonyl (C=O) groups is 1. The van der Waals surface area contributed by atoms with Crippen LogP contribution in [0.15, 0.2) is 46.9 Å². The normalized spacial score (nSPS) is 16.0. The smallest absolute Gasteiger partial charge is 0.227 e. The van der Waals surface area contributed by atoms with Crippen LogP contribution in [-0.4, -0.2) is 23.9 Å². The summed E-state index contributed by atoms with van der Waals surface area (Å²) in [6.07, 6.45) is 1.70. The van der Waals surface area contributed by atoms with E-state index in [0.717, 1.165) is 36.9 Å². The Kier molecular flexibility index (Phi) is 6.39. The van der Waals surface area contributed by atoms with Gasteiger partial charge < -0.3 is 5.32 Å². The number of rotatable bonds is 4. The average molecular weight is 442 g/mol. The molecule has 0 atom stereocenters. The second-order valence-corrected chi connectivity index (χ2v) is 8.05. The third-order valence-electron chi connectivity index (χ3n) is 4.44. The van der Waals surface area contributed by atoms with Crippen LogP contribution < -0.4 is 5.32 Å². The number of likely N-dealkylation sites (tertiary alicyclic amines) is 1. The van der Waals surface area contributed by atoms with Gasteiger partial charge in [0.05, 0.1) is 10.7 Å². The van der Waals surface area contributed by atoms with Crippen LogP contribution in [0.5, 0.6) is 0 Å². The Labute approximate surface area is 166 Å². The van der Waals surface area contributed by atoms with Crippen LogP contribution in [0.2, 0.25) is 10.0 Å². The second-order valence-electron chi connectivity index (χ2n) is 6.29. The Balaban J connectivity index is 1.52. The molecule has 1 aliphatic rings. The average Bonchev–Trinajstić information content (AvgIpc) is 2.58. The van der Waals surface area contributed by atoms with E-state index in [1.165, 1.54) is 5.56 Å². The number of nitrogens with zero attached hydrogens (tertiary/aromatic N) is 1. The molecule has 6 heteroatoms. The first-order valence-corrected chi connectivity index (χ1v) is 9.79. The first-order chi connectivity index (χ1) is 12.0. The van der Waals surface area contributed by atoms with Crippen molar-refractivity contribution < 1.29 is 4.79 Å². The van der Waals surface area contributed by atoms with Gasteiger partial charge in [0.15, 0.2) is 0 Å². The number of carbonyl (C=O) groups excluding carboxylic acids is 1. The van der Waals surface area contributed by atoms with E-state index in [2.05, 4.69) is 44.3 Å². The summed E-state index contributed by atoms with van der Waals surface area (Å²) in [4.78, 5) is 14.9. The fraction of sp³-hybridized carbons (Fsp3) is 0.316. The predicted octanol–water partition coefficient (Wildman–Crippen LogP) is 5.61. The zero-order valence-electron chi connectivity index (χ0n) is 13.6. The number of anilines is 1. The molecular weight excluding hydrogens is 423 g/mol. The zero-order chi connectivity index (χ0) is 17.8. The van der Waals surface area contributed by atoms with Crippen molar-refractivity contribution in [3.05, 3.63) is 62.5 Å². The Morgan fingerprint density at radius 3 is 2.60 bits per heavy atom. The van der Waals surface area contributed by atoms with Gasteiger partial charge in [-0.25, -0.2) is 0 Å². The first-order valence-electron chi connectivity index (χ1n) is 8.24. The fourth-order valence-corrected chi connectivity index (χ4v) is 3.97. The van der Waals surface area contributed by atoms with Crippen LogP contribution in [-0.2, 0) is 11.3 Å². The Hall–Kier alpha value is -1.07. The molecule has 25 heavy (non-hydrogen) atoms. The van der Waals surface area contributed by atoms with Gasteiger partial charge in [-0.05, 0) is 61.8 Å². The van der Waals surface area contributed by atoms with Gasteiger partial charge in [0.25, 0.3) is 0 Å². The predicted molar refractivity (Wildman–Crippen MR) is 107 cm³/mol. The second kappa shape index (κ2) is 8.54. The number of halogens is 3. The van der Waals surface area contributed by atoms with E-state index in [1.807, 2.05) is 6.07 Å². The summed E-state index contributed by atoms with van der Waals surface area (Å²) >= 11 is 15.5. The van der Waals surface area contributed by atoms with Crippen LogP contribution in [0, 0.1) is 5.92 Å². The third-order valence-corrected chi connectivity index (χ3v) is 5.48. The summed E-state index contributed by atoms with van der Waals surface area (Å²) < 4.78 is 1.10. The Bertz CT molecular complexity index is 761. The van der Waals surface area contributed by atoms with Crippen molar-refractivity contribution in [2.45, 2.75) is 19.4 Å². The molecule has 3 rings (SSSR count). The highest BCUT2D eigenvalue weighted by atomic mass is 79.9. The molecule has 1 N–H and O–H groups in total. The van der Waals surface area contributed by atoms with Crippen molar-refractivity contribution in [3.8, 4) is 0 Å². The standard InChI is InChI=1S/C19H19BrCl2N2O/c20-15-3-1-2-13(10-15)12-24-8-6-14(7-9-24)19(25)23-18-5-4-16(21)11-17(18)22/h1-5,10-11,14H,6-9,12H2,(H,23,25). The molecule has 1 fully saturated rings. The van der Waals surface area contributed by atoms with Gasteiger partial charge in [0.1, 0.15) is 0 Å². The maximum absolute atomic E-state index is 12.5. The van der Waals surface area contributed by atoms with Crippen LogP contribution in [0.25, 0.3) is 0 Å². The van der Waals surface area contributed by atoms with Crippen LogP contribution in [0.4, 0.5) is 5.69 Å². The summed E-state index contributed by atoms with van der Waals surface area (Å²) in [6.45, 7) is 2.74. The van der Waals surface area contributed by atoms with E-state index in [-0.39, 0.29) is 11.8 Å². The van der Waals surface area contributed by atoms with Gasteiger partial charge in [-0.15, -0.1) is 0 Å². The van der Waals surface area contributed by atoms with E-state index < -0.39 is 0 Å². The van der Waals surface area contributed by atoms with Crippen LogP contribution in [0.3, 0.4) is 0 Å². The molecule has 132 valence electrons. The van der Waals surface area contributed by atoms with E-state index in [1.54, 1.807) is 18.2 Å². The van der Waals surface area contributed by atoms with Gasteiger partial charge in [-0.1, -0.05) is 51.3 Å². The highest BCUT2D eigenvalue weighted by Crippen LogP contribution is 2.27. The molecule has 1 heterocycles. The lowest BCUT2D eigenvalue weighted by molar-refractivity contribution is -0.121. The molecule has 2 aromatic carbocycles. The SMILES string of the molecule is O=C(Nc1ccc(Cl)cc1Cl)C1CCN(Cc2cccc(Br)c2)CC1. The number of hydrogen-bond acceptors (Lipinski definition) is 2. The topological polar surface area (TPSA) is 32.3 Å². The van der Waals surface area contributed by atoms with E-state index >= 15 is 0 Å². The lowest BCUT2D eigenvalue weighted by Gasteiger charge is -2.31. The molecule has 0 radical (unpaired) electrons. The minimum absolute atomic E-state index is 0.0190. The molecule has 0 aromatic heterocycles. The maximum atomic E-state index is 12.5. The summed E-state index contributed by atoms with van der Waals surface area (Å²) in [5, 5.41) is 3.95. The van der Waals surface area contributed by atoms with Gasteiger partial charge in [-0.2, -0.15) is 0 Å². The molecule has 0 unspecified atom stereocenters.